The van der Waals surface area contributed by atoms with Gasteiger partial charge in [0.15, 0.2) is 0 Å². The maximum absolute atomic E-state index is 11.5. The number of rotatable bonds is 3. The van der Waals surface area contributed by atoms with Crippen molar-refractivity contribution in [3.05, 3.63) is 0 Å². The monoisotopic (exact) mass is 222 g/mol. The van der Waals surface area contributed by atoms with Gasteiger partial charge in [0.25, 0.3) is 0 Å². The van der Waals surface area contributed by atoms with Gasteiger partial charge in [0.05, 0.1) is 16.8 Å². The average molecular weight is 222 g/mol. The molecular formula is C7H14N2O2S2. The lowest BCUT2D eigenvalue weighted by atomic mass is 10.2. The topological polar surface area (TPSA) is 63.4 Å². The second-order valence-electron chi connectivity index (χ2n) is 3.07. The Kier molecular flexibility index (Phi) is 3.26. The minimum atomic E-state index is -3.13. The summed E-state index contributed by atoms with van der Waals surface area (Å²) in [7, 11) is -3.13. The second-order valence-corrected chi connectivity index (χ2v) is 5.75. The van der Waals surface area contributed by atoms with E-state index >= 15 is 0 Å². The van der Waals surface area contributed by atoms with Crippen molar-refractivity contribution in [2.24, 2.45) is 5.73 Å². The fraction of sp³-hybridized carbons (Fsp3) is 0.857. The molecule has 0 saturated carbocycles. The molecule has 1 atom stereocenters. The third-order valence-electron chi connectivity index (χ3n) is 2.25. The van der Waals surface area contributed by atoms with Crippen molar-refractivity contribution in [2.75, 3.05) is 12.3 Å². The summed E-state index contributed by atoms with van der Waals surface area (Å²) in [6.07, 6.45) is 1.61. The Morgan fingerprint density at radius 2 is 2.31 bits per heavy atom. The highest BCUT2D eigenvalue weighted by Crippen LogP contribution is 2.21. The molecule has 1 fully saturated rings. The largest absolute Gasteiger partial charge is 0.392 e. The molecule has 76 valence electrons. The third kappa shape index (κ3) is 2.18. The van der Waals surface area contributed by atoms with E-state index in [1.165, 1.54) is 4.31 Å². The van der Waals surface area contributed by atoms with Gasteiger partial charge in [-0.25, -0.2) is 8.42 Å². The Morgan fingerprint density at radius 3 is 2.77 bits per heavy atom. The molecule has 1 saturated heterocycles. The van der Waals surface area contributed by atoms with Gasteiger partial charge in [0.2, 0.25) is 10.0 Å². The zero-order valence-electron chi connectivity index (χ0n) is 7.56. The number of hydrogen-bond donors (Lipinski definition) is 1. The predicted molar refractivity (Wildman–Crippen MR) is 56.0 cm³/mol. The molecule has 1 heterocycles. The molecule has 0 radical (unpaired) electrons. The molecule has 13 heavy (non-hydrogen) atoms. The van der Waals surface area contributed by atoms with Crippen molar-refractivity contribution in [2.45, 2.75) is 25.8 Å². The van der Waals surface area contributed by atoms with Crippen molar-refractivity contribution < 1.29 is 8.42 Å². The van der Waals surface area contributed by atoms with Crippen LogP contribution in [-0.4, -0.2) is 36.1 Å². The van der Waals surface area contributed by atoms with E-state index in [0.29, 0.717) is 6.54 Å². The van der Waals surface area contributed by atoms with E-state index in [1.807, 2.05) is 0 Å². The number of hydrogen-bond acceptors (Lipinski definition) is 3. The van der Waals surface area contributed by atoms with Crippen LogP contribution in [0.2, 0.25) is 0 Å². The Labute approximate surface area is 84.1 Å². The Balaban J connectivity index is 2.86. The zero-order valence-corrected chi connectivity index (χ0v) is 9.20. The Bertz CT molecular complexity index is 300. The van der Waals surface area contributed by atoms with Gasteiger partial charge < -0.3 is 5.73 Å². The van der Waals surface area contributed by atoms with Gasteiger partial charge in [-0.2, -0.15) is 4.31 Å². The van der Waals surface area contributed by atoms with Gasteiger partial charge in [-0.1, -0.05) is 12.2 Å². The fourth-order valence-corrected chi connectivity index (χ4v) is 3.18. The molecule has 0 aromatic heterocycles. The van der Waals surface area contributed by atoms with Crippen LogP contribution in [0, 0.1) is 0 Å². The lowest BCUT2D eigenvalue weighted by Gasteiger charge is -2.21. The highest BCUT2D eigenvalue weighted by atomic mass is 32.2. The summed E-state index contributed by atoms with van der Waals surface area (Å²) >= 11 is 4.82. The summed E-state index contributed by atoms with van der Waals surface area (Å²) in [5.41, 5.74) is 5.46. The van der Waals surface area contributed by atoms with Crippen LogP contribution >= 0.6 is 12.2 Å². The fourth-order valence-electron chi connectivity index (χ4n) is 1.52. The number of thiocarbonyl (C=S) groups is 1. The molecule has 0 amide bonds. The highest BCUT2D eigenvalue weighted by molar-refractivity contribution is 7.89. The minimum Gasteiger partial charge on any atom is -0.392 e. The summed E-state index contributed by atoms with van der Waals surface area (Å²) in [6.45, 7) is 2.18. The van der Waals surface area contributed by atoms with Gasteiger partial charge in [-0.3, -0.25) is 0 Å². The summed E-state index contributed by atoms with van der Waals surface area (Å²) < 4.78 is 24.5. The molecule has 1 unspecified atom stereocenters. The predicted octanol–water partition coefficient (Wildman–Crippen LogP) is 0.0866. The molecule has 0 bridgehead atoms. The second kappa shape index (κ2) is 3.89. The molecule has 6 heteroatoms. The van der Waals surface area contributed by atoms with Crippen LogP contribution in [0.3, 0.4) is 0 Å². The Morgan fingerprint density at radius 1 is 1.69 bits per heavy atom. The van der Waals surface area contributed by atoms with Crippen LogP contribution in [0.15, 0.2) is 0 Å². The van der Waals surface area contributed by atoms with Crippen LogP contribution in [0.25, 0.3) is 0 Å². The molecule has 2 N–H and O–H groups in total. The lowest BCUT2D eigenvalue weighted by Crippen LogP contribution is -2.43. The summed E-state index contributed by atoms with van der Waals surface area (Å²) in [6, 6.07) is -0.250. The zero-order chi connectivity index (χ0) is 10.1. The first-order valence-electron chi connectivity index (χ1n) is 4.28. The van der Waals surface area contributed by atoms with Gasteiger partial charge in [-0.15, -0.1) is 0 Å². The lowest BCUT2D eigenvalue weighted by molar-refractivity contribution is 0.447. The van der Waals surface area contributed by atoms with Crippen LogP contribution in [0.4, 0.5) is 0 Å². The summed E-state index contributed by atoms with van der Waals surface area (Å²) in [5.74, 6) is 0.117. The summed E-state index contributed by atoms with van der Waals surface area (Å²) in [4.78, 5) is 0.287. The molecule has 4 nitrogen and oxygen atoms in total. The highest BCUT2D eigenvalue weighted by Gasteiger charge is 2.34. The van der Waals surface area contributed by atoms with Crippen LogP contribution < -0.4 is 5.73 Å². The molecule has 0 aromatic rings. The van der Waals surface area contributed by atoms with Gasteiger partial charge in [0.1, 0.15) is 0 Å². The van der Waals surface area contributed by atoms with Gasteiger partial charge >= 0.3 is 0 Å². The standard InChI is InChI=1S/C7H14N2O2S2/c1-2-13(10,11)9-5-3-4-6(9)7(8)12/h6H,2-5H2,1H3,(H2,8,12). The van der Waals surface area contributed by atoms with Crippen LogP contribution in [0.5, 0.6) is 0 Å². The van der Waals surface area contributed by atoms with Crippen molar-refractivity contribution in [1.82, 2.24) is 4.31 Å². The van der Waals surface area contributed by atoms with Crippen LogP contribution in [0.1, 0.15) is 19.8 Å². The first kappa shape index (κ1) is 10.9. The third-order valence-corrected chi connectivity index (χ3v) is 4.41. The van der Waals surface area contributed by atoms with Crippen molar-refractivity contribution >= 4 is 27.2 Å². The van der Waals surface area contributed by atoms with E-state index in [2.05, 4.69) is 0 Å². The van der Waals surface area contributed by atoms with E-state index in [4.69, 9.17) is 18.0 Å². The minimum absolute atomic E-state index is 0.117. The van der Waals surface area contributed by atoms with Crippen LogP contribution in [-0.2, 0) is 10.0 Å². The van der Waals surface area contributed by atoms with E-state index in [9.17, 15) is 8.42 Å². The molecule has 1 aliphatic heterocycles. The van der Waals surface area contributed by atoms with Gasteiger partial charge in [-0.05, 0) is 19.8 Å². The maximum atomic E-state index is 11.5. The quantitative estimate of drug-likeness (QED) is 0.687. The first-order chi connectivity index (χ1) is 5.99. The molecule has 1 aliphatic rings. The van der Waals surface area contributed by atoms with E-state index in [-0.39, 0.29) is 16.8 Å². The SMILES string of the molecule is CCS(=O)(=O)N1CCCC1C(N)=S. The van der Waals surface area contributed by atoms with Crippen molar-refractivity contribution in [3.8, 4) is 0 Å². The molecule has 0 aliphatic carbocycles. The number of sulfonamides is 1. The summed E-state index contributed by atoms with van der Waals surface area (Å²) in [5, 5.41) is 0. The molecule has 1 rings (SSSR count). The van der Waals surface area contributed by atoms with E-state index in [1.54, 1.807) is 6.92 Å². The molecule has 0 aromatic carbocycles. The Hall–Kier alpha value is -0.200. The normalized spacial score (nSPS) is 24.8. The smallest absolute Gasteiger partial charge is 0.214 e. The van der Waals surface area contributed by atoms with E-state index < -0.39 is 10.0 Å². The first-order valence-corrected chi connectivity index (χ1v) is 6.29. The molecular weight excluding hydrogens is 208 g/mol. The maximum Gasteiger partial charge on any atom is 0.214 e. The van der Waals surface area contributed by atoms with E-state index in [0.717, 1.165) is 12.8 Å². The molecule has 0 spiro atoms. The average Bonchev–Trinajstić information content (AvgIpc) is 2.52. The number of nitrogens with zero attached hydrogens (tertiary/aromatic N) is 1. The number of nitrogens with two attached hydrogens (primary N) is 1. The van der Waals surface area contributed by atoms with Crippen molar-refractivity contribution in [3.63, 3.8) is 0 Å². The van der Waals surface area contributed by atoms with Crippen molar-refractivity contribution in [1.29, 1.82) is 0 Å². The van der Waals surface area contributed by atoms with Gasteiger partial charge in [0, 0.05) is 6.54 Å².